The summed E-state index contributed by atoms with van der Waals surface area (Å²) in [5.41, 5.74) is 1.82. The van der Waals surface area contributed by atoms with Crippen LogP contribution in [0.1, 0.15) is 46.7 Å². The van der Waals surface area contributed by atoms with Crippen LogP contribution >= 0.6 is 0 Å². The van der Waals surface area contributed by atoms with Crippen LogP contribution in [0, 0.1) is 6.92 Å². The van der Waals surface area contributed by atoms with E-state index in [1.165, 1.54) is 0 Å². The first-order chi connectivity index (χ1) is 13.6. The summed E-state index contributed by atoms with van der Waals surface area (Å²) in [6.45, 7) is 3.20. The molecule has 1 fully saturated rings. The predicted molar refractivity (Wildman–Crippen MR) is 103 cm³/mol. The van der Waals surface area contributed by atoms with Gasteiger partial charge in [0.25, 0.3) is 5.91 Å². The molecule has 28 heavy (non-hydrogen) atoms. The van der Waals surface area contributed by atoms with E-state index in [9.17, 15) is 4.79 Å². The summed E-state index contributed by atoms with van der Waals surface area (Å²) in [6, 6.07) is 11.5. The summed E-state index contributed by atoms with van der Waals surface area (Å²) >= 11 is 0. The third kappa shape index (κ3) is 3.78. The van der Waals surface area contributed by atoms with E-state index in [0.29, 0.717) is 37.0 Å². The van der Waals surface area contributed by atoms with Crippen molar-refractivity contribution in [2.45, 2.75) is 32.2 Å². The summed E-state index contributed by atoms with van der Waals surface area (Å²) < 4.78 is 13.1. The predicted octanol–water partition coefficient (Wildman–Crippen LogP) is 3.32. The summed E-state index contributed by atoms with van der Waals surface area (Å²) in [4.78, 5) is 19.2. The van der Waals surface area contributed by atoms with Gasteiger partial charge in [-0.15, -0.1) is 0 Å². The van der Waals surface area contributed by atoms with Crippen LogP contribution in [-0.4, -0.2) is 38.7 Å². The molecule has 0 aliphatic carbocycles. The molecule has 1 aromatic carbocycles. The average Bonchev–Trinajstić information content (AvgIpc) is 3.41. The molecule has 4 rings (SSSR count). The average molecular weight is 380 g/mol. The molecule has 1 saturated heterocycles. The first kappa shape index (κ1) is 18.3. The molecule has 3 heterocycles. The van der Waals surface area contributed by atoms with Crippen molar-refractivity contribution in [3.8, 4) is 5.75 Å². The highest BCUT2D eigenvalue weighted by Gasteiger charge is 2.35. The monoisotopic (exact) mass is 380 g/mol. The Bertz CT molecular complexity index is 962. The molecule has 0 radical (unpaired) electrons. The van der Waals surface area contributed by atoms with Crippen molar-refractivity contribution in [2.75, 3.05) is 13.2 Å². The molecule has 2 aromatic heterocycles. The number of ether oxygens (including phenoxy) is 1. The topological polar surface area (TPSA) is 73.4 Å². The van der Waals surface area contributed by atoms with Crippen LogP contribution in [0.25, 0.3) is 0 Å². The molecule has 0 saturated carbocycles. The number of carbonyl (C=O) groups excluding carboxylic acids is 1. The van der Waals surface area contributed by atoms with Crippen molar-refractivity contribution in [1.82, 2.24) is 19.6 Å². The van der Waals surface area contributed by atoms with Gasteiger partial charge in [-0.25, -0.2) is 0 Å². The van der Waals surface area contributed by atoms with Gasteiger partial charge in [-0.05, 0) is 49.6 Å². The van der Waals surface area contributed by atoms with E-state index >= 15 is 0 Å². The number of carbonyl (C=O) groups is 1. The third-order valence-electron chi connectivity index (χ3n) is 5.03. The van der Waals surface area contributed by atoms with Gasteiger partial charge in [0.15, 0.2) is 5.82 Å². The smallest absolute Gasteiger partial charge is 0.271 e. The highest BCUT2D eigenvalue weighted by atomic mass is 16.5. The first-order valence-electron chi connectivity index (χ1n) is 9.56. The zero-order valence-electron chi connectivity index (χ0n) is 16.2. The number of amides is 1. The Morgan fingerprint density at radius 3 is 3.00 bits per heavy atom. The van der Waals surface area contributed by atoms with E-state index < -0.39 is 0 Å². The second-order valence-corrected chi connectivity index (χ2v) is 7.12. The van der Waals surface area contributed by atoms with Gasteiger partial charge in [-0.2, -0.15) is 4.98 Å². The van der Waals surface area contributed by atoms with Crippen LogP contribution in [0.4, 0.5) is 0 Å². The summed E-state index contributed by atoms with van der Waals surface area (Å²) in [5, 5.41) is 4.07. The maximum atomic E-state index is 12.9. The van der Waals surface area contributed by atoms with Crippen molar-refractivity contribution in [3.05, 3.63) is 65.6 Å². The summed E-state index contributed by atoms with van der Waals surface area (Å²) in [7, 11) is 1.87. The molecular weight excluding hydrogens is 356 g/mol. The van der Waals surface area contributed by atoms with Gasteiger partial charge in [-0.1, -0.05) is 17.3 Å². The number of aromatic nitrogens is 3. The molecule has 1 aliphatic heterocycles. The third-order valence-corrected chi connectivity index (χ3v) is 5.03. The molecule has 146 valence electrons. The van der Waals surface area contributed by atoms with Crippen LogP contribution in [-0.2, 0) is 13.5 Å². The SMILES string of the molecule is Cc1cccc(OCCc2noc(C3CCCN3C(=O)c3cccn3C)n2)c1. The minimum absolute atomic E-state index is 0.00229. The molecule has 7 nitrogen and oxygen atoms in total. The van der Waals surface area contributed by atoms with Crippen molar-refractivity contribution in [2.24, 2.45) is 7.05 Å². The fourth-order valence-electron chi connectivity index (χ4n) is 3.57. The summed E-state index contributed by atoms with van der Waals surface area (Å²) in [5.74, 6) is 1.93. The van der Waals surface area contributed by atoms with E-state index in [1.807, 2.05) is 66.0 Å². The van der Waals surface area contributed by atoms with Crippen LogP contribution in [0.5, 0.6) is 5.75 Å². The molecule has 1 aliphatic rings. The fourth-order valence-corrected chi connectivity index (χ4v) is 3.57. The van der Waals surface area contributed by atoms with E-state index in [2.05, 4.69) is 10.1 Å². The quantitative estimate of drug-likeness (QED) is 0.656. The first-order valence-corrected chi connectivity index (χ1v) is 9.56. The van der Waals surface area contributed by atoms with Crippen molar-refractivity contribution >= 4 is 5.91 Å². The van der Waals surface area contributed by atoms with Crippen LogP contribution in [0.2, 0.25) is 0 Å². The molecule has 0 spiro atoms. The Balaban J connectivity index is 1.39. The van der Waals surface area contributed by atoms with Gasteiger partial charge in [-0.3, -0.25) is 4.79 Å². The highest BCUT2D eigenvalue weighted by Crippen LogP contribution is 2.32. The Hall–Kier alpha value is -3.09. The minimum atomic E-state index is -0.165. The van der Waals surface area contributed by atoms with Crippen LogP contribution in [0.15, 0.2) is 47.1 Å². The summed E-state index contributed by atoms with van der Waals surface area (Å²) in [6.07, 6.45) is 4.18. The number of hydrogen-bond donors (Lipinski definition) is 0. The fraction of sp³-hybridized carbons (Fsp3) is 0.381. The lowest BCUT2D eigenvalue weighted by molar-refractivity contribution is 0.0700. The van der Waals surface area contributed by atoms with Gasteiger partial charge in [0.2, 0.25) is 5.89 Å². The van der Waals surface area contributed by atoms with Gasteiger partial charge in [0.05, 0.1) is 6.61 Å². The number of nitrogens with zero attached hydrogens (tertiary/aromatic N) is 4. The number of aryl methyl sites for hydroxylation is 2. The van der Waals surface area contributed by atoms with Crippen LogP contribution in [0.3, 0.4) is 0 Å². The van der Waals surface area contributed by atoms with E-state index in [-0.39, 0.29) is 11.9 Å². The normalized spacial score (nSPS) is 16.5. The molecule has 1 amide bonds. The van der Waals surface area contributed by atoms with Crippen LogP contribution < -0.4 is 4.74 Å². The molecule has 1 atom stereocenters. The number of hydrogen-bond acceptors (Lipinski definition) is 5. The van der Waals surface area contributed by atoms with Gasteiger partial charge >= 0.3 is 0 Å². The Morgan fingerprint density at radius 2 is 2.21 bits per heavy atom. The lowest BCUT2D eigenvalue weighted by atomic mass is 10.2. The molecule has 1 unspecified atom stereocenters. The van der Waals surface area contributed by atoms with E-state index in [1.54, 1.807) is 0 Å². The number of likely N-dealkylation sites (tertiary alicyclic amines) is 1. The lowest BCUT2D eigenvalue weighted by Gasteiger charge is -2.22. The maximum Gasteiger partial charge on any atom is 0.271 e. The van der Waals surface area contributed by atoms with Gasteiger partial charge in [0, 0.05) is 26.2 Å². The second-order valence-electron chi connectivity index (χ2n) is 7.12. The zero-order chi connectivity index (χ0) is 19.5. The Labute approximate surface area is 163 Å². The number of benzene rings is 1. The molecular formula is C21H24N4O3. The van der Waals surface area contributed by atoms with Crippen molar-refractivity contribution in [1.29, 1.82) is 0 Å². The molecule has 7 heteroatoms. The Kier molecular flexibility index (Phi) is 5.14. The van der Waals surface area contributed by atoms with Crippen molar-refractivity contribution in [3.63, 3.8) is 0 Å². The standard InChI is InChI=1S/C21H24N4O3/c1-15-6-3-7-16(14-15)27-13-10-19-22-20(28-23-19)17-8-5-12-25(17)21(26)18-9-4-11-24(18)2/h3-4,6-7,9,11,14,17H,5,8,10,12-13H2,1-2H3. The largest absolute Gasteiger partial charge is 0.493 e. The van der Waals surface area contributed by atoms with Gasteiger partial charge in [0.1, 0.15) is 17.5 Å². The highest BCUT2D eigenvalue weighted by molar-refractivity contribution is 5.93. The van der Waals surface area contributed by atoms with E-state index in [4.69, 9.17) is 9.26 Å². The second kappa shape index (κ2) is 7.88. The molecule has 3 aromatic rings. The Morgan fingerprint density at radius 1 is 1.32 bits per heavy atom. The number of rotatable bonds is 6. The van der Waals surface area contributed by atoms with Crippen molar-refractivity contribution < 1.29 is 14.1 Å². The molecule has 0 N–H and O–H groups in total. The maximum absolute atomic E-state index is 12.9. The zero-order valence-corrected chi connectivity index (χ0v) is 16.2. The molecule has 0 bridgehead atoms. The van der Waals surface area contributed by atoms with E-state index in [0.717, 1.165) is 24.2 Å². The van der Waals surface area contributed by atoms with Gasteiger partial charge < -0.3 is 18.7 Å². The minimum Gasteiger partial charge on any atom is -0.493 e. The lowest BCUT2D eigenvalue weighted by Crippen LogP contribution is -2.32.